The lowest BCUT2D eigenvalue weighted by Gasteiger charge is -2.11. The maximum absolute atomic E-state index is 12.2. The minimum atomic E-state index is -0.723. The molecule has 2 aromatic carbocycles. The largest absolute Gasteiger partial charge is 0.477 e. The summed E-state index contributed by atoms with van der Waals surface area (Å²) < 4.78 is 9.78. The number of hydrogen-bond acceptors (Lipinski definition) is 8. The summed E-state index contributed by atoms with van der Waals surface area (Å²) in [6.07, 6.45) is 0. The minimum absolute atomic E-state index is 0.00514. The summed E-state index contributed by atoms with van der Waals surface area (Å²) >= 11 is 1.27. The summed E-state index contributed by atoms with van der Waals surface area (Å²) in [6, 6.07) is 12.5. The quantitative estimate of drug-likeness (QED) is 0.309. The van der Waals surface area contributed by atoms with E-state index in [4.69, 9.17) is 10.00 Å². The third-order valence-corrected chi connectivity index (χ3v) is 4.33. The van der Waals surface area contributed by atoms with Gasteiger partial charge in [-0.25, -0.2) is 4.79 Å². The first-order chi connectivity index (χ1) is 13.5. The fourth-order valence-corrected chi connectivity index (χ4v) is 2.83. The van der Waals surface area contributed by atoms with Gasteiger partial charge in [-0.1, -0.05) is 12.1 Å². The predicted octanol–water partition coefficient (Wildman–Crippen LogP) is 3.01. The van der Waals surface area contributed by atoms with Gasteiger partial charge in [0.15, 0.2) is 12.4 Å². The SMILES string of the molecule is COC(=O)c1ccc(OCC(=O)Nc2ccccc2SCC#N)c([N+](=O)[O-])c1. The van der Waals surface area contributed by atoms with Crippen molar-refractivity contribution in [3.05, 3.63) is 58.1 Å². The number of amides is 1. The van der Waals surface area contributed by atoms with Gasteiger partial charge in [-0.2, -0.15) is 5.26 Å². The first-order valence-electron chi connectivity index (χ1n) is 7.84. The van der Waals surface area contributed by atoms with Crippen LogP contribution in [0.25, 0.3) is 0 Å². The zero-order valence-corrected chi connectivity index (χ0v) is 15.5. The fourth-order valence-electron chi connectivity index (χ4n) is 2.16. The Hall–Kier alpha value is -3.58. The number of hydrogen-bond donors (Lipinski definition) is 1. The molecule has 28 heavy (non-hydrogen) atoms. The van der Waals surface area contributed by atoms with E-state index in [1.54, 1.807) is 24.3 Å². The summed E-state index contributed by atoms with van der Waals surface area (Å²) in [7, 11) is 1.16. The number of benzene rings is 2. The van der Waals surface area contributed by atoms with Crippen LogP contribution in [0.4, 0.5) is 11.4 Å². The molecule has 0 unspecified atom stereocenters. The van der Waals surface area contributed by atoms with Gasteiger partial charge in [0.25, 0.3) is 5.91 Å². The zero-order chi connectivity index (χ0) is 20.5. The van der Waals surface area contributed by atoms with Crippen LogP contribution in [0.1, 0.15) is 10.4 Å². The van der Waals surface area contributed by atoms with Gasteiger partial charge in [0.2, 0.25) is 0 Å². The second-order valence-electron chi connectivity index (χ2n) is 5.21. The molecule has 0 atom stereocenters. The van der Waals surface area contributed by atoms with E-state index in [1.165, 1.54) is 23.9 Å². The van der Waals surface area contributed by atoms with Gasteiger partial charge >= 0.3 is 11.7 Å². The lowest BCUT2D eigenvalue weighted by atomic mass is 10.2. The number of nitro benzene ring substituents is 1. The standard InChI is InChI=1S/C18H15N3O6S/c1-26-18(23)12-6-7-15(14(10-12)21(24)25)27-11-17(22)20-13-4-2-3-5-16(13)28-9-8-19/h2-7,10H,9,11H2,1H3,(H,20,22). The Balaban J connectivity index is 2.08. The Kier molecular flexibility index (Phi) is 7.36. The van der Waals surface area contributed by atoms with E-state index in [-0.39, 0.29) is 17.1 Å². The van der Waals surface area contributed by atoms with Crippen LogP contribution in [0, 0.1) is 21.4 Å². The monoisotopic (exact) mass is 401 g/mol. The number of methoxy groups -OCH3 is 1. The lowest BCUT2D eigenvalue weighted by molar-refractivity contribution is -0.385. The van der Waals surface area contributed by atoms with Gasteiger partial charge in [0.05, 0.1) is 35.1 Å². The highest BCUT2D eigenvalue weighted by molar-refractivity contribution is 7.99. The minimum Gasteiger partial charge on any atom is -0.477 e. The number of ether oxygens (including phenoxy) is 2. The van der Waals surface area contributed by atoms with Crippen molar-refractivity contribution >= 4 is 35.0 Å². The van der Waals surface area contributed by atoms with Gasteiger partial charge < -0.3 is 14.8 Å². The molecule has 0 bridgehead atoms. The Morgan fingerprint density at radius 2 is 2.04 bits per heavy atom. The predicted molar refractivity (Wildman–Crippen MR) is 101 cm³/mol. The van der Waals surface area contributed by atoms with Crippen LogP contribution >= 0.6 is 11.8 Å². The van der Waals surface area contributed by atoms with E-state index < -0.39 is 29.1 Å². The van der Waals surface area contributed by atoms with Gasteiger partial charge in [0, 0.05) is 11.0 Å². The zero-order valence-electron chi connectivity index (χ0n) is 14.7. The Morgan fingerprint density at radius 1 is 1.29 bits per heavy atom. The van der Waals surface area contributed by atoms with Crippen molar-refractivity contribution in [3.63, 3.8) is 0 Å². The molecule has 144 valence electrons. The highest BCUT2D eigenvalue weighted by atomic mass is 32.2. The second-order valence-corrected chi connectivity index (χ2v) is 6.23. The molecular weight excluding hydrogens is 386 g/mol. The van der Waals surface area contributed by atoms with E-state index >= 15 is 0 Å². The number of nitrogens with zero attached hydrogens (tertiary/aromatic N) is 2. The number of carbonyl (C=O) groups excluding carboxylic acids is 2. The average Bonchev–Trinajstić information content (AvgIpc) is 2.70. The molecule has 2 aromatic rings. The molecule has 1 N–H and O–H groups in total. The second kappa shape index (κ2) is 9.94. The van der Waals surface area contributed by atoms with Crippen LogP contribution in [0.15, 0.2) is 47.4 Å². The molecule has 0 aliphatic heterocycles. The lowest BCUT2D eigenvalue weighted by Crippen LogP contribution is -2.21. The number of esters is 1. The highest BCUT2D eigenvalue weighted by Gasteiger charge is 2.20. The maximum Gasteiger partial charge on any atom is 0.338 e. The highest BCUT2D eigenvalue weighted by Crippen LogP contribution is 2.29. The van der Waals surface area contributed by atoms with Crippen molar-refractivity contribution in [3.8, 4) is 11.8 Å². The van der Waals surface area contributed by atoms with Crippen molar-refractivity contribution in [1.29, 1.82) is 5.26 Å². The van der Waals surface area contributed by atoms with Crippen molar-refractivity contribution in [1.82, 2.24) is 0 Å². The Morgan fingerprint density at radius 3 is 2.71 bits per heavy atom. The molecule has 0 radical (unpaired) electrons. The van der Waals surface area contributed by atoms with E-state index in [0.29, 0.717) is 10.6 Å². The van der Waals surface area contributed by atoms with Crippen LogP contribution < -0.4 is 10.1 Å². The van der Waals surface area contributed by atoms with Crippen LogP contribution in [0.5, 0.6) is 5.75 Å². The third-order valence-electron chi connectivity index (χ3n) is 3.39. The number of para-hydroxylation sites is 1. The molecule has 9 nitrogen and oxygen atoms in total. The summed E-state index contributed by atoms with van der Waals surface area (Å²) in [5.41, 5.74) is 0.0435. The van der Waals surface area contributed by atoms with E-state index in [0.717, 1.165) is 13.2 Å². The summed E-state index contributed by atoms with van der Waals surface area (Å²) in [5.74, 6) is -1.18. The molecular formula is C18H15N3O6S. The Bertz CT molecular complexity index is 941. The summed E-state index contributed by atoms with van der Waals surface area (Å²) in [5, 5.41) is 22.5. The van der Waals surface area contributed by atoms with Crippen molar-refractivity contribution < 1.29 is 24.0 Å². The average molecular weight is 401 g/mol. The number of thioether (sulfide) groups is 1. The maximum atomic E-state index is 12.2. The van der Waals surface area contributed by atoms with Crippen LogP contribution in [-0.4, -0.2) is 36.3 Å². The molecule has 0 fully saturated rings. The molecule has 10 heteroatoms. The topological polar surface area (TPSA) is 132 Å². The van der Waals surface area contributed by atoms with Crippen LogP contribution in [-0.2, 0) is 9.53 Å². The molecule has 2 rings (SSSR count). The normalized spacial score (nSPS) is 9.86. The van der Waals surface area contributed by atoms with Gasteiger partial charge in [-0.05, 0) is 24.3 Å². The molecule has 1 amide bonds. The number of nitriles is 1. The summed E-state index contributed by atoms with van der Waals surface area (Å²) in [6.45, 7) is -0.477. The fraction of sp³-hybridized carbons (Fsp3) is 0.167. The van der Waals surface area contributed by atoms with Crippen molar-refractivity contribution in [2.24, 2.45) is 0 Å². The molecule has 0 spiro atoms. The van der Waals surface area contributed by atoms with Crippen molar-refractivity contribution in [2.75, 3.05) is 24.8 Å². The number of nitro groups is 1. The molecule has 0 saturated carbocycles. The summed E-state index contributed by atoms with van der Waals surface area (Å²) in [4.78, 5) is 34.9. The molecule has 0 saturated heterocycles. The van der Waals surface area contributed by atoms with Crippen molar-refractivity contribution in [2.45, 2.75) is 4.90 Å². The molecule has 0 aliphatic carbocycles. The first-order valence-corrected chi connectivity index (χ1v) is 8.83. The number of rotatable bonds is 8. The molecule has 0 aromatic heterocycles. The van der Waals surface area contributed by atoms with Gasteiger partial charge in [0.1, 0.15) is 0 Å². The van der Waals surface area contributed by atoms with E-state index in [2.05, 4.69) is 10.1 Å². The Labute approximate surface area is 164 Å². The van der Waals surface area contributed by atoms with Gasteiger partial charge in [-0.3, -0.25) is 14.9 Å². The number of carbonyl (C=O) groups is 2. The van der Waals surface area contributed by atoms with E-state index in [1.807, 2.05) is 6.07 Å². The van der Waals surface area contributed by atoms with Crippen LogP contribution in [0.3, 0.4) is 0 Å². The number of anilines is 1. The van der Waals surface area contributed by atoms with Crippen LogP contribution in [0.2, 0.25) is 0 Å². The molecule has 0 heterocycles. The van der Waals surface area contributed by atoms with E-state index in [9.17, 15) is 19.7 Å². The number of nitrogens with one attached hydrogen (secondary N) is 1. The smallest absolute Gasteiger partial charge is 0.338 e. The molecule has 0 aliphatic rings. The van der Waals surface area contributed by atoms with Gasteiger partial charge in [-0.15, -0.1) is 11.8 Å². The third kappa shape index (κ3) is 5.46. The first kappa shape index (κ1) is 20.7.